The number of halogens is 2. The highest BCUT2D eigenvalue weighted by molar-refractivity contribution is 6.12. The van der Waals surface area contributed by atoms with E-state index in [0.29, 0.717) is 68.6 Å². The van der Waals surface area contributed by atoms with Crippen molar-refractivity contribution in [3.8, 4) is 0 Å². The first-order chi connectivity index (χ1) is 25.9. The lowest BCUT2D eigenvalue weighted by Gasteiger charge is -2.29. The van der Waals surface area contributed by atoms with Crippen molar-refractivity contribution in [1.82, 2.24) is 29.1 Å². The van der Waals surface area contributed by atoms with E-state index in [1.54, 1.807) is 48.0 Å². The second-order valence-electron chi connectivity index (χ2n) is 14.1. The number of nitrogens with zero attached hydrogens (tertiary/aromatic N) is 4. The number of ketones is 2. The van der Waals surface area contributed by atoms with Crippen LogP contribution in [0.15, 0.2) is 61.2 Å². The smallest absolute Gasteiger partial charge is 0.331 e. The number of H-pyrrole nitrogens is 2. The molecule has 4 atom stereocenters. The fourth-order valence-corrected chi connectivity index (χ4v) is 8.20. The molecule has 0 saturated carbocycles. The molecule has 2 aliphatic carbocycles. The standard InChI is InChI=1S/C40H36F2N6O6/c1-19-27(45-17-43-19)11-21-13-31(37-35(39(21)51)25-7-5-23(41)15-29(25)47(37)3)53-33(49)9-10-34(50)54-32-14-22(12-28-20(2)44-18-46-28)40(52)36-26-8-6-24(42)16-30(26)48(4)38(32)36/h5-10,15-18,21-22,31-32H,11-14H2,1-4H3,(H,43,45)(H,44,46)/b10-9-. The lowest BCUT2D eigenvalue weighted by atomic mass is 9.80. The van der Waals surface area contributed by atoms with Crippen LogP contribution in [0.2, 0.25) is 0 Å². The number of Topliss-reactive ketones (excluding diaryl/α,β-unsaturated/α-hetero) is 2. The number of imidazole rings is 2. The van der Waals surface area contributed by atoms with E-state index in [1.165, 1.54) is 24.3 Å². The molecule has 54 heavy (non-hydrogen) atoms. The molecule has 0 bridgehead atoms. The monoisotopic (exact) mass is 734 g/mol. The number of aryl methyl sites for hydroxylation is 4. The molecule has 0 fully saturated rings. The molecule has 4 aromatic heterocycles. The summed E-state index contributed by atoms with van der Waals surface area (Å²) >= 11 is 0. The SMILES string of the molecule is Cc1[nH]cnc1CC1CC(OC(=O)/C=C\C(=O)OC2CC(Cc3nc[nH]c3C)C(=O)c3c2n(C)c2cc(F)ccc32)c2c(c3ccc(F)cc3n2C)C1=O. The van der Waals surface area contributed by atoms with E-state index in [4.69, 9.17) is 9.47 Å². The Bertz CT molecular complexity index is 2380. The highest BCUT2D eigenvalue weighted by Crippen LogP contribution is 2.44. The van der Waals surface area contributed by atoms with Crippen molar-refractivity contribution in [3.63, 3.8) is 0 Å². The van der Waals surface area contributed by atoms with Crippen LogP contribution in [0.5, 0.6) is 0 Å². The first-order valence-electron chi connectivity index (χ1n) is 17.6. The Hall–Kier alpha value is -6.18. The van der Waals surface area contributed by atoms with Crippen molar-refractivity contribution in [2.24, 2.45) is 25.9 Å². The summed E-state index contributed by atoms with van der Waals surface area (Å²) in [5.74, 6) is -4.13. The number of hydrogen-bond donors (Lipinski definition) is 2. The fraction of sp³-hybridized carbons (Fsp3) is 0.300. The lowest BCUT2D eigenvalue weighted by Crippen LogP contribution is -2.30. The molecule has 2 aromatic carbocycles. The molecule has 6 aromatic rings. The predicted molar refractivity (Wildman–Crippen MR) is 191 cm³/mol. The molecule has 0 saturated heterocycles. The van der Waals surface area contributed by atoms with Crippen molar-refractivity contribution in [1.29, 1.82) is 0 Å². The third kappa shape index (κ3) is 5.91. The number of rotatable bonds is 8. The van der Waals surface area contributed by atoms with Crippen molar-refractivity contribution in [2.45, 2.75) is 51.7 Å². The Morgan fingerprint density at radius 1 is 0.741 bits per heavy atom. The van der Waals surface area contributed by atoms with Crippen molar-refractivity contribution >= 4 is 45.3 Å². The molecule has 4 heterocycles. The summed E-state index contributed by atoms with van der Waals surface area (Å²) in [4.78, 5) is 69.4. The third-order valence-corrected chi connectivity index (χ3v) is 10.9. The number of hydrogen-bond acceptors (Lipinski definition) is 8. The van der Waals surface area contributed by atoms with Gasteiger partial charge in [-0.05, 0) is 50.2 Å². The van der Waals surface area contributed by atoms with Gasteiger partial charge in [-0.15, -0.1) is 0 Å². The minimum Gasteiger partial charge on any atom is -0.453 e. The van der Waals surface area contributed by atoms with Gasteiger partial charge >= 0.3 is 11.9 Å². The van der Waals surface area contributed by atoms with Crippen LogP contribution < -0.4 is 0 Å². The zero-order valence-electron chi connectivity index (χ0n) is 29.9. The Balaban J connectivity index is 1.06. The Morgan fingerprint density at radius 2 is 1.15 bits per heavy atom. The quantitative estimate of drug-likeness (QED) is 0.136. The van der Waals surface area contributed by atoms with E-state index in [0.717, 1.165) is 23.5 Å². The zero-order valence-corrected chi connectivity index (χ0v) is 29.9. The maximum atomic E-state index is 14.3. The number of carbonyl (C=O) groups excluding carboxylic acids is 4. The van der Waals surface area contributed by atoms with Gasteiger partial charge in [0.2, 0.25) is 0 Å². The Labute approximate surface area is 307 Å². The van der Waals surface area contributed by atoms with Crippen LogP contribution in [-0.2, 0) is 46.0 Å². The minimum absolute atomic E-state index is 0.145. The summed E-state index contributed by atoms with van der Waals surface area (Å²) in [7, 11) is 3.37. The van der Waals surface area contributed by atoms with Gasteiger partial charge in [-0.25, -0.2) is 28.3 Å². The van der Waals surface area contributed by atoms with Crippen LogP contribution in [0.4, 0.5) is 8.78 Å². The number of esters is 2. The summed E-state index contributed by atoms with van der Waals surface area (Å²) in [6.07, 6.45) is 4.13. The molecule has 12 nitrogen and oxygen atoms in total. The van der Waals surface area contributed by atoms with Crippen LogP contribution in [-0.4, -0.2) is 52.6 Å². The van der Waals surface area contributed by atoms with E-state index < -0.39 is 47.6 Å². The van der Waals surface area contributed by atoms with Crippen molar-refractivity contribution < 1.29 is 37.4 Å². The molecule has 4 unspecified atom stereocenters. The van der Waals surface area contributed by atoms with Crippen molar-refractivity contribution in [2.75, 3.05) is 0 Å². The molecule has 2 N–H and O–H groups in total. The molecule has 8 rings (SSSR count). The minimum atomic E-state index is -0.898. The van der Waals surface area contributed by atoms with Crippen LogP contribution in [0, 0.1) is 37.3 Å². The zero-order chi connectivity index (χ0) is 38.0. The van der Waals surface area contributed by atoms with Gasteiger partial charge in [0, 0.05) is 85.9 Å². The highest BCUT2D eigenvalue weighted by atomic mass is 19.1. The van der Waals surface area contributed by atoms with Gasteiger partial charge in [0.15, 0.2) is 11.6 Å². The molecule has 0 radical (unpaired) electrons. The first-order valence-corrected chi connectivity index (χ1v) is 17.6. The number of benzene rings is 2. The van der Waals surface area contributed by atoms with E-state index in [1.807, 2.05) is 13.8 Å². The molecular formula is C40H36F2N6O6. The van der Waals surface area contributed by atoms with Gasteiger partial charge < -0.3 is 28.6 Å². The third-order valence-electron chi connectivity index (χ3n) is 10.9. The summed E-state index contributed by atoms with van der Waals surface area (Å²) in [5.41, 5.74) is 5.59. The Morgan fingerprint density at radius 3 is 1.52 bits per heavy atom. The first kappa shape index (κ1) is 34.9. The van der Waals surface area contributed by atoms with Crippen LogP contribution in [0.3, 0.4) is 0 Å². The van der Waals surface area contributed by atoms with E-state index in [9.17, 15) is 28.0 Å². The molecule has 2 aliphatic rings. The number of ether oxygens (including phenoxy) is 2. The second kappa shape index (κ2) is 13.3. The molecule has 0 spiro atoms. The molecular weight excluding hydrogens is 698 g/mol. The summed E-state index contributed by atoms with van der Waals surface area (Å²) in [6, 6.07) is 8.34. The van der Waals surface area contributed by atoms with E-state index in [2.05, 4.69) is 19.9 Å². The average Bonchev–Trinajstić information content (AvgIpc) is 3.89. The maximum absolute atomic E-state index is 14.3. The van der Waals surface area contributed by atoms with Crippen LogP contribution >= 0.6 is 0 Å². The van der Waals surface area contributed by atoms with Gasteiger partial charge in [0.25, 0.3) is 0 Å². The lowest BCUT2D eigenvalue weighted by molar-refractivity contribution is -0.147. The number of carbonyl (C=O) groups is 4. The fourth-order valence-electron chi connectivity index (χ4n) is 8.20. The van der Waals surface area contributed by atoms with Gasteiger partial charge in [-0.3, -0.25) is 9.59 Å². The molecule has 0 amide bonds. The summed E-state index contributed by atoms with van der Waals surface area (Å²) < 4.78 is 43.9. The van der Waals surface area contributed by atoms with Gasteiger partial charge in [-0.1, -0.05) is 0 Å². The summed E-state index contributed by atoms with van der Waals surface area (Å²) in [6.45, 7) is 3.71. The highest BCUT2D eigenvalue weighted by Gasteiger charge is 2.42. The van der Waals surface area contributed by atoms with E-state index >= 15 is 0 Å². The predicted octanol–water partition coefficient (Wildman–Crippen LogP) is 6.33. The largest absolute Gasteiger partial charge is 0.453 e. The number of aromatic nitrogens is 6. The maximum Gasteiger partial charge on any atom is 0.331 e. The van der Waals surface area contributed by atoms with Crippen LogP contribution in [0.1, 0.15) is 79.9 Å². The number of fused-ring (bicyclic) bond motifs is 6. The van der Waals surface area contributed by atoms with Crippen molar-refractivity contribution in [3.05, 3.63) is 118 Å². The molecule has 0 aliphatic heterocycles. The normalized spacial score (nSPS) is 19.8. The average molecular weight is 735 g/mol. The topological polar surface area (TPSA) is 154 Å². The molecule has 14 heteroatoms. The number of nitrogens with one attached hydrogen (secondary N) is 2. The summed E-state index contributed by atoms with van der Waals surface area (Å²) in [5, 5.41) is 1.09. The van der Waals surface area contributed by atoms with Crippen LogP contribution in [0.25, 0.3) is 21.8 Å². The second-order valence-corrected chi connectivity index (χ2v) is 14.1. The number of aromatic amines is 2. The van der Waals surface area contributed by atoms with E-state index in [-0.39, 0.29) is 24.4 Å². The Kier molecular flexibility index (Phi) is 8.62. The van der Waals surface area contributed by atoms with Gasteiger partial charge in [0.1, 0.15) is 23.8 Å². The molecule has 276 valence electrons. The van der Waals surface area contributed by atoms with Gasteiger partial charge in [-0.2, -0.15) is 0 Å². The van der Waals surface area contributed by atoms with Gasteiger partial charge in [0.05, 0.1) is 57.6 Å².